The quantitative estimate of drug-likeness (QED) is 0.525. The average Bonchev–Trinajstić information content (AvgIpc) is 3.19. The largest absolute Gasteiger partial charge is 0.348 e. The monoisotopic (exact) mass is 426 g/mol. The lowest BCUT2D eigenvalue weighted by molar-refractivity contribution is 0.0950. The zero-order valence-corrected chi connectivity index (χ0v) is 16.4. The van der Waals surface area contributed by atoms with Crippen molar-refractivity contribution in [1.29, 1.82) is 0 Å². The van der Waals surface area contributed by atoms with E-state index in [-0.39, 0.29) is 17.3 Å². The van der Waals surface area contributed by atoms with Crippen molar-refractivity contribution in [2.45, 2.75) is 16.3 Å². The molecule has 0 aliphatic heterocycles. The summed E-state index contributed by atoms with van der Waals surface area (Å²) in [6, 6.07) is 15.3. The summed E-state index contributed by atoms with van der Waals surface area (Å²) in [5.41, 5.74) is 2.14. The Balaban J connectivity index is 1.47. The van der Waals surface area contributed by atoms with E-state index in [1.54, 1.807) is 12.3 Å². The van der Waals surface area contributed by atoms with Crippen LogP contribution in [0.15, 0.2) is 88.9 Å². The summed E-state index contributed by atoms with van der Waals surface area (Å²) in [6.45, 7) is 0.192. The van der Waals surface area contributed by atoms with Crippen molar-refractivity contribution < 1.29 is 22.0 Å². The molecule has 2 heterocycles. The van der Waals surface area contributed by atoms with Crippen molar-refractivity contribution in [3.8, 4) is 0 Å². The minimum absolute atomic E-state index is 0.0966. The number of rotatable bonds is 5. The Morgan fingerprint density at radius 3 is 2.30 bits per heavy atom. The van der Waals surface area contributed by atoms with E-state index >= 15 is 0 Å². The van der Waals surface area contributed by atoms with Crippen molar-refractivity contribution in [2.75, 3.05) is 0 Å². The highest BCUT2D eigenvalue weighted by atomic mass is 32.2. The van der Waals surface area contributed by atoms with Gasteiger partial charge in [0.2, 0.25) is 9.84 Å². The molecule has 152 valence electrons. The van der Waals surface area contributed by atoms with Gasteiger partial charge in [0.1, 0.15) is 11.6 Å². The molecule has 0 saturated heterocycles. The third-order valence-corrected chi connectivity index (χ3v) is 6.37. The SMILES string of the molecule is O=C(NCc1ccc(S(=O)(=O)c2cc(F)cc(F)c2)cc1)c1ccc2cccn2c1. The standard InChI is InChI=1S/C22H16F2N2O3S/c23-17-10-18(24)12-21(11-17)30(28,29)20-7-3-15(4-8-20)13-25-22(27)16-5-6-19-2-1-9-26(19)14-16/h1-12,14H,13H2,(H,25,27). The first-order chi connectivity index (χ1) is 14.3. The maximum Gasteiger partial charge on any atom is 0.253 e. The molecule has 0 atom stereocenters. The fourth-order valence-corrected chi connectivity index (χ4v) is 4.36. The molecule has 0 bridgehead atoms. The van der Waals surface area contributed by atoms with E-state index in [2.05, 4.69) is 5.32 Å². The van der Waals surface area contributed by atoms with Crippen LogP contribution in [0.4, 0.5) is 8.78 Å². The number of nitrogens with zero attached hydrogens (tertiary/aromatic N) is 1. The number of carbonyl (C=O) groups excluding carboxylic acids is 1. The molecule has 1 amide bonds. The Kier molecular flexibility index (Phi) is 5.09. The van der Waals surface area contributed by atoms with Gasteiger partial charge in [0, 0.05) is 30.5 Å². The minimum Gasteiger partial charge on any atom is -0.348 e. The number of halogens is 2. The lowest BCUT2D eigenvalue weighted by Crippen LogP contribution is -2.23. The number of amides is 1. The number of hydrogen-bond acceptors (Lipinski definition) is 3. The summed E-state index contributed by atoms with van der Waals surface area (Å²) < 4.78 is 53.7. The first kappa shape index (κ1) is 19.8. The average molecular weight is 426 g/mol. The van der Waals surface area contributed by atoms with Gasteiger partial charge >= 0.3 is 0 Å². The van der Waals surface area contributed by atoms with Crippen LogP contribution in [0.25, 0.3) is 5.52 Å². The van der Waals surface area contributed by atoms with E-state index in [1.807, 2.05) is 28.8 Å². The molecule has 30 heavy (non-hydrogen) atoms. The zero-order chi connectivity index (χ0) is 21.3. The van der Waals surface area contributed by atoms with Crippen molar-refractivity contribution in [3.63, 3.8) is 0 Å². The molecular formula is C22H16F2N2O3S. The van der Waals surface area contributed by atoms with E-state index in [0.29, 0.717) is 17.2 Å². The molecule has 4 rings (SSSR count). The molecular weight excluding hydrogens is 410 g/mol. The number of hydrogen-bond donors (Lipinski definition) is 1. The first-order valence-corrected chi connectivity index (χ1v) is 10.5. The van der Waals surface area contributed by atoms with Crippen LogP contribution in [0.1, 0.15) is 15.9 Å². The summed E-state index contributed by atoms with van der Waals surface area (Å²) in [5.74, 6) is -2.20. The number of nitrogens with one attached hydrogen (secondary N) is 1. The number of fused-ring (bicyclic) bond motifs is 1. The molecule has 0 aliphatic rings. The van der Waals surface area contributed by atoms with Crippen molar-refractivity contribution in [3.05, 3.63) is 102 Å². The van der Waals surface area contributed by atoms with Gasteiger partial charge in [0.15, 0.2) is 0 Å². The Morgan fingerprint density at radius 2 is 1.60 bits per heavy atom. The summed E-state index contributed by atoms with van der Waals surface area (Å²) in [4.78, 5) is 11.8. The third kappa shape index (κ3) is 3.95. The topological polar surface area (TPSA) is 67.7 Å². The molecule has 2 aromatic heterocycles. The number of aromatic nitrogens is 1. The molecule has 2 aromatic carbocycles. The van der Waals surface area contributed by atoms with Crippen LogP contribution in [0, 0.1) is 11.6 Å². The molecule has 0 saturated carbocycles. The van der Waals surface area contributed by atoms with Gasteiger partial charge in [-0.3, -0.25) is 4.79 Å². The summed E-state index contributed by atoms with van der Waals surface area (Å²) >= 11 is 0. The second-order valence-electron chi connectivity index (χ2n) is 6.69. The first-order valence-electron chi connectivity index (χ1n) is 8.98. The molecule has 0 spiro atoms. The van der Waals surface area contributed by atoms with Gasteiger partial charge in [0.05, 0.1) is 15.4 Å². The van der Waals surface area contributed by atoms with Crippen molar-refractivity contribution in [2.24, 2.45) is 0 Å². The maximum atomic E-state index is 13.4. The molecule has 4 aromatic rings. The Hall–Kier alpha value is -3.52. The van der Waals surface area contributed by atoms with Crippen LogP contribution < -0.4 is 5.32 Å². The molecule has 8 heteroatoms. The third-order valence-electron chi connectivity index (χ3n) is 4.62. The summed E-state index contributed by atoms with van der Waals surface area (Å²) in [5, 5.41) is 2.78. The van der Waals surface area contributed by atoms with Crippen LogP contribution in [-0.2, 0) is 16.4 Å². The predicted octanol–water partition coefficient (Wildman–Crippen LogP) is 3.98. The predicted molar refractivity (Wildman–Crippen MR) is 107 cm³/mol. The van der Waals surface area contributed by atoms with E-state index in [1.165, 1.54) is 24.3 Å². The molecule has 1 N–H and O–H groups in total. The summed E-state index contributed by atoms with van der Waals surface area (Å²) in [6.07, 6.45) is 3.56. The second-order valence-corrected chi connectivity index (χ2v) is 8.64. The Labute approximate surface area is 171 Å². The lowest BCUT2D eigenvalue weighted by atomic mass is 10.2. The molecule has 5 nitrogen and oxygen atoms in total. The number of benzene rings is 2. The van der Waals surface area contributed by atoms with Gasteiger partial charge in [-0.05, 0) is 54.1 Å². The van der Waals surface area contributed by atoms with Gasteiger partial charge in [-0.1, -0.05) is 12.1 Å². The van der Waals surface area contributed by atoms with Crippen molar-refractivity contribution in [1.82, 2.24) is 9.72 Å². The van der Waals surface area contributed by atoms with Crippen LogP contribution in [0.5, 0.6) is 0 Å². The van der Waals surface area contributed by atoms with Crippen LogP contribution in [0.2, 0.25) is 0 Å². The van der Waals surface area contributed by atoms with Crippen molar-refractivity contribution >= 4 is 21.3 Å². The van der Waals surface area contributed by atoms with Gasteiger partial charge < -0.3 is 9.72 Å². The summed E-state index contributed by atoms with van der Waals surface area (Å²) in [7, 11) is -4.06. The zero-order valence-electron chi connectivity index (χ0n) is 15.5. The van der Waals surface area contributed by atoms with Gasteiger partial charge in [0.25, 0.3) is 5.91 Å². The minimum atomic E-state index is -4.06. The second kappa shape index (κ2) is 7.72. The smallest absolute Gasteiger partial charge is 0.253 e. The fraction of sp³-hybridized carbons (Fsp3) is 0.0455. The van der Waals surface area contributed by atoms with Crippen LogP contribution in [0.3, 0.4) is 0 Å². The van der Waals surface area contributed by atoms with Gasteiger partial charge in [-0.15, -0.1) is 0 Å². The van der Waals surface area contributed by atoms with Crippen LogP contribution in [-0.4, -0.2) is 18.7 Å². The number of carbonyl (C=O) groups is 1. The van der Waals surface area contributed by atoms with E-state index in [0.717, 1.165) is 17.6 Å². The normalized spacial score (nSPS) is 11.5. The highest BCUT2D eigenvalue weighted by Gasteiger charge is 2.19. The van der Waals surface area contributed by atoms with E-state index in [9.17, 15) is 22.0 Å². The highest BCUT2D eigenvalue weighted by molar-refractivity contribution is 7.91. The van der Waals surface area contributed by atoms with Crippen LogP contribution >= 0.6 is 0 Å². The number of pyridine rings is 1. The van der Waals surface area contributed by atoms with Gasteiger partial charge in [-0.25, -0.2) is 17.2 Å². The Bertz CT molecular complexity index is 1330. The number of sulfone groups is 1. The Morgan fingerprint density at radius 1 is 0.900 bits per heavy atom. The molecule has 0 fully saturated rings. The molecule has 0 aliphatic carbocycles. The maximum absolute atomic E-state index is 13.4. The lowest BCUT2D eigenvalue weighted by Gasteiger charge is -2.08. The fourth-order valence-electron chi connectivity index (χ4n) is 3.06. The van der Waals surface area contributed by atoms with Gasteiger partial charge in [-0.2, -0.15) is 0 Å². The van der Waals surface area contributed by atoms with E-state index in [4.69, 9.17) is 0 Å². The highest BCUT2D eigenvalue weighted by Crippen LogP contribution is 2.23. The molecule has 0 radical (unpaired) electrons. The van der Waals surface area contributed by atoms with E-state index < -0.39 is 26.4 Å². The molecule has 0 unspecified atom stereocenters.